The zero-order valence-corrected chi connectivity index (χ0v) is 26.1. The first-order valence-electron chi connectivity index (χ1n) is 15.2. The number of hydrogen-bond donors (Lipinski definition) is 1. The standard InChI is InChI=1S/C32H40N10O2/c1-32(2,3)26-19-34-24(18-35-26)25(43)17-21-7-6-13-41(20-21)31-37-28(29-33-12-14-42(29)38-31)36-23-10-8-22(9-11-23)27-30(44)40(5)16-15-39(27)4/h8-12,14,18-19,21,27H,6-7,13,15-17,20H2,1-5H3,(H,36,37,38). The van der Waals surface area contributed by atoms with Crippen molar-refractivity contribution in [3.8, 4) is 0 Å². The maximum absolute atomic E-state index is 13.1. The van der Waals surface area contributed by atoms with Gasteiger partial charge in [0.15, 0.2) is 17.2 Å². The third-order valence-corrected chi connectivity index (χ3v) is 8.55. The fourth-order valence-corrected chi connectivity index (χ4v) is 5.90. The third-order valence-electron chi connectivity index (χ3n) is 8.55. The number of aromatic nitrogens is 6. The molecule has 4 aromatic rings. The van der Waals surface area contributed by atoms with Gasteiger partial charge in [0.05, 0.1) is 11.9 Å². The lowest BCUT2D eigenvalue weighted by Gasteiger charge is -2.37. The Morgan fingerprint density at radius 2 is 1.82 bits per heavy atom. The molecular weight excluding hydrogens is 556 g/mol. The molecule has 2 atom stereocenters. The zero-order valence-electron chi connectivity index (χ0n) is 26.1. The molecule has 230 valence electrons. The Balaban J connectivity index is 1.16. The number of piperazine rings is 1. The van der Waals surface area contributed by atoms with E-state index in [2.05, 4.69) is 50.8 Å². The highest BCUT2D eigenvalue weighted by molar-refractivity contribution is 5.94. The SMILES string of the molecule is CN1CCN(C)C(c2ccc(Nc3nc(N4CCCC(CC(=O)c5cnc(C(C)(C)C)cn5)C4)nn4ccnc34)cc2)C1=O. The van der Waals surface area contributed by atoms with Crippen LogP contribution in [0, 0.1) is 5.92 Å². The summed E-state index contributed by atoms with van der Waals surface area (Å²) in [6.07, 6.45) is 9.12. The molecule has 2 saturated heterocycles. The molecule has 2 aliphatic heterocycles. The number of piperidine rings is 1. The summed E-state index contributed by atoms with van der Waals surface area (Å²) in [7, 11) is 3.84. The Bertz CT molecular complexity index is 1640. The number of carbonyl (C=O) groups is 2. The van der Waals surface area contributed by atoms with E-state index in [4.69, 9.17) is 10.1 Å². The predicted molar refractivity (Wildman–Crippen MR) is 168 cm³/mol. The van der Waals surface area contributed by atoms with E-state index in [0.717, 1.165) is 49.4 Å². The van der Waals surface area contributed by atoms with Crippen molar-refractivity contribution < 1.29 is 9.59 Å². The molecule has 0 aliphatic carbocycles. The first-order valence-corrected chi connectivity index (χ1v) is 15.2. The van der Waals surface area contributed by atoms with E-state index in [1.165, 1.54) is 0 Å². The lowest BCUT2D eigenvalue weighted by Crippen LogP contribution is -2.48. The predicted octanol–water partition coefficient (Wildman–Crippen LogP) is 3.89. The van der Waals surface area contributed by atoms with Crippen molar-refractivity contribution in [3.63, 3.8) is 0 Å². The summed E-state index contributed by atoms with van der Waals surface area (Å²) in [6.45, 7) is 9.27. The number of imidazole rings is 1. The number of ketones is 1. The number of nitrogens with one attached hydrogen (secondary N) is 1. The zero-order chi connectivity index (χ0) is 31.0. The number of rotatable bonds is 7. The van der Waals surface area contributed by atoms with Gasteiger partial charge in [-0.15, -0.1) is 5.10 Å². The largest absolute Gasteiger partial charge is 0.343 e. The number of Topliss-reactive ketones (excluding diaryl/α,β-unsaturated/α-hetero) is 1. The number of fused-ring (bicyclic) bond motifs is 1. The van der Waals surface area contributed by atoms with Crippen LogP contribution in [-0.2, 0) is 10.2 Å². The Hall–Kier alpha value is -4.45. The normalized spacial score (nSPS) is 19.9. The lowest BCUT2D eigenvalue weighted by molar-refractivity contribution is -0.139. The van der Waals surface area contributed by atoms with E-state index < -0.39 is 0 Å². The van der Waals surface area contributed by atoms with Gasteiger partial charge in [0.25, 0.3) is 0 Å². The van der Waals surface area contributed by atoms with Gasteiger partial charge in [-0.2, -0.15) is 4.98 Å². The molecule has 44 heavy (non-hydrogen) atoms. The van der Waals surface area contributed by atoms with Crippen LogP contribution >= 0.6 is 0 Å². The monoisotopic (exact) mass is 596 g/mol. The van der Waals surface area contributed by atoms with Crippen molar-refractivity contribution >= 4 is 34.8 Å². The fraction of sp³-hybridized carbons (Fsp3) is 0.469. The van der Waals surface area contributed by atoms with Crippen LogP contribution in [0.2, 0.25) is 0 Å². The minimum atomic E-state index is -0.290. The Morgan fingerprint density at radius 3 is 2.55 bits per heavy atom. The molecule has 5 heterocycles. The molecule has 6 rings (SSSR count). The highest BCUT2D eigenvalue weighted by atomic mass is 16.2. The molecule has 0 spiro atoms. The van der Waals surface area contributed by atoms with Gasteiger partial charge in [-0.25, -0.2) is 14.5 Å². The third kappa shape index (κ3) is 6.12. The Morgan fingerprint density at radius 1 is 1.02 bits per heavy atom. The number of carbonyl (C=O) groups excluding carboxylic acids is 2. The summed E-state index contributed by atoms with van der Waals surface area (Å²) in [5.74, 6) is 1.44. The maximum atomic E-state index is 13.1. The van der Waals surface area contributed by atoms with Crippen LogP contribution in [0.15, 0.2) is 49.1 Å². The van der Waals surface area contributed by atoms with Crippen molar-refractivity contribution in [1.29, 1.82) is 0 Å². The minimum Gasteiger partial charge on any atom is -0.343 e. The molecule has 2 aliphatic rings. The summed E-state index contributed by atoms with van der Waals surface area (Å²) in [6, 6.07) is 7.61. The van der Waals surface area contributed by atoms with Crippen molar-refractivity contribution in [3.05, 3.63) is 66.0 Å². The van der Waals surface area contributed by atoms with E-state index in [-0.39, 0.29) is 29.1 Å². The van der Waals surface area contributed by atoms with Crippen LogP contribution in [-0.4, -0.2) is 91.3 Å². The molecule has 1 N–H and O–H groups in total. The Labute approximate surface area is 257 Å². The topological polar surface area (TPSA) is 125 Å². The number of hydrogen-bond acceptors (Lipinski definition) is 10. The van der Waals surface area contributed by atoms with E-state index >= 15 is 0 Å². The van der Waals surface area contributed by atoms with Gasteiger partial charge < -0.3 is 15.1 Å². The number of amides is 1. The lowest BCUT2D eigenvalue weighted by atomic mass is 9.91. The molecule has 0 radical (unpaired) electrons. The average molecular weight is 597 g/mol. The van der Waals surface area contributed by atoms with Gasteiger partial charge in [0.2, 0.25) is 11.9 Å². The smallest absolute Gasteiger partial charge is 0.245 e. The Kier molecular flexibility index (Phi) is 8.02. The quantitative estimate of drug-likeness (QED) is 0.314. The maximum Gasteiger partial charge on any atom is 0.245 e. The minimum absolute atomic E-state index is 0.00866. The fourth-order valence-electron chi connectivity index (χ4n) is 5.90. The molecule has 2 unspecified atom stereocenters. The molecule has 12 nitrogen and oxygen atoms in total. The first kappa shape index (κ1) is 29.6. The summed E-state index contributed by atoms with van der Waals surface area (Å²) >= 11 is 0. The van der Waals surface area contributed by atoms with Crippen LogP contribution in [0.1, 0.15) is 67.8 Å². The van der Waals surface area contributed by atoms with Crippen molar-refractivity contribution in [1.82, 2.24) is 39.3 Å². The number of benzene rings is 1. The van der Waals surface area contributed by atoms with E-state index in [1.54, 1.807) is 34.2 Å². The summed E-state index contributed by atoms with van der Waals surface area (Å²) in [5, 5.41) is 8.15. The van der Waals surface area contributed by atoms with Crippen molar-refractivity contribution in [2.24, 2.45) is 5.92 Å². The summed E-state index contributed by atoms with van der Waals surface area (Å²) < 4.78 is 1.73. The highest BCUT2D eigenvalue weighted by Crippen LogP contribution is 2.29. The van der Waals surface area contributed by atoms with Gasteiger partial charge in [0.1, 0.15) is 11.7 Å². The molecule has 2 fully saturated rings. The second kappa shape index (κ2) is 11.9. The first-order chi connectivity index (χ1) is 21.1. The molecular formula is C32H40N10O2. The molecule has 1 aromatic carbocycles. The van der Waals surface area contributed by atoms with Gasteiger partial charge in [-0.1, -0.05) is 32.9 Å². The molecule has 1 amide bonds. The number of likely N-dealkylation sites (N-methyl/N-ethyl adjacent to an activating group) is 2. The van der Waals surface area contributed by atoms with Crippen LogP contribution in [0.4, 0.5) is 17.5 Å². The van der Waals surface area contributed by atoms with E-state index in [0.29, 0.717) is 36.1 Å². The van der Waals surface area contributed by atoms with Gasteiger partial charge in [-0.3, -0.25) is 19.5 Å². The highest BCUT2D eigenvalue weighted by Gasteiger charge is 2.32. The van der Waals surface area contributed by atoms with Crippen LogP contribution < -0.4 is 10.2 Å². The second-order valence-corrected chi connectivity index (χ2v) is 13.0. The molecule has 3 aromatic heterocycles. The van der Waals surface area contributed by atoms with Crippen molar-refractivity contribution in [2.75, 3.05) is 50.5 Å². The molecule has 0 bridgehead atoms. The van der Waals surface area contributed by atoms with Crippen LogP contribution in [0.5, 0.6) is 0 Å². The van der Waals surface area contributed by atoms with Gasteiger partial charge in [-0.05, 0) is 43.5 Å². The number of anilines is 3. The average Bonchev–Trinajstić information content (AvgIpc) is 3.49. The summed E-state index contributed by atoms with van der Waals surface area (Å²) in [5.41, 5.74) is 3.57. The van der Waals surface area contributed by atoms with Gasteiger partial charge in [0, 0.05) is 69.3 Å². The van der Waals surface area contributed by atoms with E-state index in [9.17, 15) is 9.59 Å². The van der Waals surface area contributed by atoms with Crippen LogP contribution in [0.3, 0.4) is 0 Å². The van der Waals surface area contributed by atoms with Gasteiger partial charge >= 0.3 is 0 Å². The second-order valence-electron chi connectivity index (χ2n) is 13.0. The summed E-state index contributed by atoms with van der Waals surface area (Å²) in [4.78, 5) is 50.2. The van der Waals surface area contributed by atoms with Crippen molar-refractivity contribution in [2.45, 2.75) is 51.5 Å². The molecule has 12 heteroatoms. The number of nitrogens with zero attached hydrogens (tertiary/aromatic N) is 9. The molecule has 0 saturated carbocycles. The van der Waals surface area contributed by atoms with E-state index in [1.807, 2.05) is 38.4 Å². The van der Waals surface area contributed by atoms with Crippen LogP contribution in [0.25, 0.3) is 5.65 Å².